The van der Waals surface area contributed by atoms with Crippen molar-refractivity contribution in [3.63, 3.8) is 0 Å². The van der Waals surface area contributed by atoms with E-state index in [2.05, 4.69) is 19.2 Å². The van der Waals surface area contributed by atoms with Crippen LogP contribution < -0.4 is 5.32 Å². The third kappa shape index (κ3) is 5.75. The maximum Gasteiger partial charge on any atom is 0.249 e. The van der Waals surface area contributed by atoms with Crippen molar-refractivity contribution < 1.29 is 18.7 Å². The van der Waals surface area contributed by atoms with E-state index in [9.17, 15) is 4.79 Å². The Labute approximate surface area is 120 Å². The summed E-state index contributed by atoms with van der Waals surface area (Å²) in [6.45, 7) is 9.29. The lowest BCUT2D eigenvalue weighted by Crippen LogP contribution is -2.38. The lowest BCUT2D eigenvalue weighted by atomic mass is 10.2. The van der Waals surface area contributed by atoms with Crippen molar-refractivity contribution in [1.29, 1.82) is 0 Å². The molecule has 0 aliphatic heterocycles. The van der Waals surface area contributed by atoms with E-state index in [1.54, 1.807) is 19.3 Å². The Balaban J connectivity index is 2.57. The van der Waals surface area contributed by atoms with Gasteiger partial charge in [0.05, 0.1) is 12.9 Å². The number of amides is 1. The van der Waals surface area contributed by atoms with E-state index in [0.29, 0.717) is 31.5 Å². The van der Waals surface area contributed by atoms with Crippen molar-refractivity contribution in [3.8, 4) is 0 Å². The highest BCUT2D eigenvalue weighted by Gasteiger charge is 2.21. The van der Waals surface area contributed by atoms with Crippen LogP contribution in [0.4, 0.5) is 0 Å². The van der Waals surface area contributed by atoms with Crippen LogP contribution in [0.3, 0.4) is 0 Å². The zero-order valence-corrected chi connectivity index (χ0v) is 12.7. The van der Waals surface area contributed by atoms with Gasteiger partial charge < -0.3 is 19.2 Å². The predicted molar refractivity (Wildman–Crippen MR) is 76.3 cm³/mol. The molecule has 1 amide bonds. The second-order valence-corrected chi connectivity index (χ2v) is 5.11. The van der Waals surface area contributed by atoms with E-state index in [0.717, 1.165) is 0 Å². The number of nitrogens with one attached hydrogen (secondary N) is 1. The summed E-state index contributed by atoms with van der Waals surface area (Å²) in [6.07, 6.45) is 1.10. The topological polar surface area (TPSA) is 60.7 Å². The second-order valence-electron chi connectivity index (χ2n) is 5.11. The van der Waals surface area contributed by atoms with Gasteiger partial charge in [0.1, 0.15) is 17.9 Å². The standard InChI is InChI=1S/C15H25NO4/c1-5-19-12(4)15(17)16-13(10-18-9-11(2)3)14-7-6-8-20-14/h6-8,11-13H,5,9-10H2,1-4H3,(H,16,17)/t12-,13+/m1/s1. The summed E-state index contributed by atoms with van der Waals surface area (Å²) in [6, 6.07) is 3.33. The Morgan fingerprint density at radius 2 is 2.10 bits per heavy atom. The van der Waals surface area contributed by atoms with Crippen LogP contribution in [-0.2, 0) is 14.3 Å². The Bertz CT molecular complexity index is 375. The maximum atomic E-state index is 12.0. The number of ether oxygens (including phenoxy) is 2. The number of carbonyl (C=O) groups is 1. The molecule has 0 aliphatic carbocycles. The molecular formula is C15H25NO4. The number of carbonyl (C=O) groups excluding carboxylic acids is 1. The van der Waals surface area contributed by atoms with Crippen LogP contribution in [0, 0.1) is 5.92 Å². The van der Waals surface area contributed by atoms with E-state index in [1.165, 1.54) is 0 Å². The number of rotatable bonds is 9. The molecule has 0 radical (unpaired) electrons. The van der Waals surface area contributed by atoms with Gasteiger partial charge in [-0.05, 0) is 31.9 Å². The van der Waals surface area contributed by atoms with Gasteiger partial charge >= 0.3 is 0 Å². The molecule has 0 saturated heterocycles. The molecule has 1 aromatic rings. The minimum atomic E-state index is -0.484. The maximum absolute atomic E-state index is 12.0. The zero-order chi connectivity index (χ0) is 15.0. The Morgan fingerprint density at radius 3 is 2.65 bits per heavy atom. The van der Waals surface area contributed by atoms with Crippen molar-refractivity contribution >= 4 is 5.91 Å². The number of hydrogen-bond donors (Lipinski definition) is 1. The summed E-state index contributed by atoms with van der Waals surface area (Å²) < 4.78 is 16.2. The Hall–Kier alpha value is -1.33. The number of furan rings is 1. The van der Waals surface area contributed by atoms with Crippen molar-refractivity contribution in [2.75, 3.05) is 19.8 Å². The lowest BCUT2D eigenvalue weighted by Gasteiger charge is -2.20. The summed E-state index contributed by atoms with van der Waals surface area (Å²) in [5, 5.41) is 2.90. The smallest absolute Gasteiger partial charge is 0.249 e. The van der Waals surface area contributed by atoms with Crippen molar-refractivity contribution in [2.45, 2.75) is 39.8 Å². The molecular weight excluding hydrogens is 258 g/mol. The van der Waals surface area contributed by atoms with Crippen LogP contribution >= 0.6 is 0 Å². The summed E-state index contributed by atoms with van der Waals surface area (Å²) in [5.74, 6) is 0.970. The monoisotopic (exact) mass is 283 g/mol. The van der Waals surface area contributed by atoms with E-state index >= 15 is 0 Å². The Morgan fingerprint density at radius 1 is 1.35 bits per heavy atom. The first-order valence-corrected chi connectivity index (χ1v) is 7.07. The molecule has 5 nitrogen and oxygen atoms in total. The van der Waals surface area contributed by atoms with E-state index in [-0.39, 0.29) is 11.9 Å². The first kappa shape index (κ1) is 16.7. The van der Waals surface area contributed by atoms with Crippen LogP contribution in [-0.4, -0.2) is 31.8 Å². The van der Waals surface area contributed by atoms with Crippen molar-refractivity contribution in [3.05, 3.63) is 24.2 Å². The Kier molecular flexibility index (Phi) is 7.33. The minimum absolute atomic E-state index is 0.165. The van der Waals surface area contributed by atoms with E-state index in [1.807, 2.05) is 13.0 Å². The fraction of sp³-hybridized carbons (Fsp3) is 0.667. The van der Waals surface area contributed by atoms with Crippen LogP contribution in [0.25, 0.3) is 0 Å². The highest BCUT2D eigenvalue weighted by Crippen LogP contribution is 2.15. The van der Waals surface area contributed by atoms with Gasteiger partial charge in [0.25, 0.3) is 0 Å². The molecule has 0 unspecified atom stereocenters. The molecule has 0 bridgehead atoms. The zero-order valence-electron chi connectivity index (χ0n) is 12.7. The summed E-state index contributed by atoms with van der Waals surface area (Å²) in [4.78, 5) is 12.0. The first-order chi connectivity index (χ1) is 9.54. The normalized spacial score (nSPS) is 14.2. The highest BCUT2D eigenvalue weighted by atomic mass is 16.5. The van der Waals surface area contributed by atoms with E-state index < -0.39 is 6.10 Å². The predicted octanol–water partition coefficient (Wildman–Crippen LogP) is 2.53. The second kappa shape index (κ2) is 8.76. The summed E-state index contributed by atoms with van der Waals surface area (Å²) in [5.41, 5.74) is 0. The molecule has 1 aromatic heterocycles. The number of hydrogen-bond acceptors (Lipinski definition) is 4. The SMILES string of the molecule is CCO[C@H](C)C(=O)N[C@@H](COCC(C)C)c1ccco1. The molecule has 1 heterocycles. The lowest BCUT2D eigenvalue weighted by molar-refractivity contribution is -0.132. The highest BCUT2D eigenvalue weighted by molar-refractivity contribution is 5.80. The molecule has 0 fully saturated rings. The molecule has 0 spiro atoms. The fourth-order valence-corrected chi connectivity index (χ4v) is 1.72. The van der Waals surface area contributed by atoms with Gasteiger partial charge in [-0.25, -0.2) is 0 Å². The van der Waals surface area contributed by atoms with Crippen LogP contribution in [0.1, 0.15) is 39.5 Å². The molecule has 114 valence electrons. The molecule has 0 aromatic carbocycles. The first-order valence-electron chi connectivity index (χ1n) is 7.07. The van der Waals surface area contributed by atoms with Gasteiger partial charge in [0.2, 0.25) is 5.91 Å². The third-order valence-electron chi connectivity index (χ3n) is 2.72. The van der Waals surface area contributed by atoms with Gasteiger partial charge in [0.15, 0.2) is 0 Å². The third-order valence-corrected chi connectivity index (χ3v) is 2.72. The quantitative estimate of drug-likeness (QED) is 0.756. The van der Waals surface area contributed by atoms with E-state index in [4.69, 9.17) is 13.9 Å². The average Bonchev–Trinajstić information content (AvgIpc) is 2.91. The van der Waals surface area contributed by atoms with Crippen LogP contribution in [0.5, 0.6) is 0 Å². The molecule has 2 atom stereocenters. The minimum Gasteiger partial charge on any atom is -0.467 e. The van der Waals surface area contributed by atoms with Gasteiger partial charge in [-0.1, -0.05) is 13.8 Å². The fourth-order valence-electron chi connectivity index (χ4n) is 1.72. The van der Waals surface area contributed by atoms with Crippen molar-refractivity contribution in [1.82, 2.24) is 5.32 Å². The molecule has 1 N–H and O–H groups in total. The molecule has 5 heteroatoms. The molecule has 20 heavy (non-hydrogen) atoms. The molecule has 0 aliphatic rings. The molecule has 0 saturated carbocycles. The largest absolute Gasteiger partial charge is 0.467 e. The summed E-state index contributed by atoms with van der Waals surface area (Å²) in [7, 11) is 0. The molecule has 1 rings (SSSR count). The van der Waals surface area contributed by atoms with Gasteiger partial charge in [-0.3, -0.25) is 4.79 Å². The summed E-state index contributed by atoms with van der Waals surface area (Å²) >= 11 is 0. The van der Waals surface area contributed by atoms with Crippen molar-refractivity contribution in [2.24, 2.45) is 5.92 Å². The van der Waals surface area contributed by atoms with Gasteiger partial charge in [-0.15, -0.1) is 0 Å². The average molecular weight is 283 g/mol. The van der Waals surface area contributed by atoms with Crippen LogP contribution in [0.2, 0.25) is 0 Å². The van der Waals surface area contributed by atoms with Gasteiger partial charge in [-0.2, -0.15) is 0 Å². The van der Waals surface area contributed by atoms with Crippen LogP contribution in [0.15, 0.2) is 22.8 Å². The van der Waals surface area contributed by atoms with Gasteiger partial charge in [0, 0.05) is 13.2 Å².